The molecular formula is C19H30Cl2N4O3. The topological polar surface area (TPSA) is 73.9 Å². The molecule has 0 aliphatic carbocycles. The van der Waals surface area contributed by atoms with E-state index in [2.05, 4.69) is 22.6 Å². The van der Waals surface area contributed by atoms with Crippen molar-refractivity contribution in [3.8, 4) is 0 Å². The smallest absolute Gasteiger partial charge is 0.244 e. The van der Waals surface area contributed by atoms with E-state index in [-0.39, 0.29) is 48.8 Å². The number of nitrogens with one attached hydrogen (secondary N) is 2. The maximum absolute atomic E-state index is 12.5. The Morgan fingerprint density at radius 2 is 1.93 bits per heavy atom. The number of nitrogens with zero attached hydrogens (tertiary/aromatic N) is 2. The normalized spacial score (nSPS) is 22.6. The van der Waals surface area contributed by atoms with E-state index >= 15 is 0 Å². The number of ether oxygens (including phenoxy) is 1. The number of morpholine rings is 1. The summed E-state index contributed by atoms with van der Waals surface area (Å²) in [6.45, 7) is 6.55. The lowest BCUT2D eigenvalue weighted by Crippen LogP contribution is -2.53. The average molecular weight is 433 g/mol. The molecule has 158 valence electrons. The van der Waals surface area contributed by atoms with Crippen LogP contribution in [0, 0.1) is 0 Å². The number of anilines is 1. The van der Waals surface area contributed by atoms with Gasteiger partial charge in [0.05, 0.1) is 19.1 Å². The third-order valence-electron chi connectivity index (χ3n) is 5.00. The Morgan fingerprint density at radius 1 is 1.21 bits per heavy atom. The molecule has 2 atom stereocenters. The molecule has 0 aromatic heterocycles. The van der Waals surface area contributed by atoms with E-state index in [1.54, 1.807) is 0 Å². The highest BCUT2D eigenvalue weighted by atomic mass is 35.5. The van der Waals surface area contributed by atoms with Gasteiger partial charge in [0.15, 0.2) is 0 Å². The molecule has 2 aliphatic rings. The van der Waals surface area contributed by atoms with Crippen LogP contribution in [-0.2, 0) is 20.7 Å². The van der Waals surface area contributed by atoms with E-state index in [0.717, 1.165) is 31.7 Å². The molecule has 0 saturated carbocycles. The summed E-state index contributed by atoms with van der Waals surface area (Å²) in [7, 11) is 2.07. The van der Waals surface area contributed by atoms with Crippen molar-refractivity contribution in [1.29, 1.82) is 0 Å². The first-order valence-electron chi connectivity index (χ1n) is 9.24. The van der Waals surface area contributed by atoms with Crippen molar-refractivity contribution >= 4 is 42.3 Å². The molecule has 0 spiro atoms. The molecule has 9 heteroatoms. The maximum atomic E-state index is 12.5. The Labute approximate surface area is 179 Å². The highest BCUT2D eigenvalue weighted by molar-refractivity contribution is 5.95. The fourth-order valence-electron chi connectivity index (χ4n) is 3.35. The number of carbonyl (C=O) groups is 2. The Morgan fingerprint density at radius 3 is 2.61 bits per heavy atom. The molecule has 1 aromatic carbocycles. The molecule has 0 unspecified atom stereocenters. The van der Waals surface area contributed by atoms with Crippen LogP contribution in [0.5, 0.6) is 0 Å². The molecule has 2 heterocycles. The van der Waals surface area contributed by atoms with Gasteiger partial charge in [0.2, 0.25) is 11.8 Å². The van der Waals surface area contributed by atoms with Crippen molar-refractivity contribution in [3.63, 3.8) is 0 Å². The molecule has 28 heavy (non-hydrogen) atoms. The van der Waals surface area contributed by atoms with Crippen LogP contribution >= 0.6 is 24.8 Å². The zero-order valence-electron chi connectivity index (χ0n) is 16.3. The second-order valence-electron chi connectivity index (χ2n) is 7.06. The molecule has 1 aromatic rings. The zero-order valence-corrected chi connectivity index (χ0v) is 18.0. The first-order chi connectivity index (χ1) is 12.5. The number of hydrogen-bond acceptors (Lipinski definition) is 5. The fraction of sp³-hybridized carbons (Fsp3) is 0.579. The number of piperazine rings is 1. The fourth-order valence-corrected chi connectivity index (χ4v) is 3.35. The van der Waals surface area contributed by atoms with E-state index in [0.29, 0.717) is 25.3 Å². The lowest BCUT2D eigenvalue weighted by Gasteiger charge is -2.32. The molecule has 2 fully saturated rings. The molecule has 7 nitrogen and oxygen atoms in total. The first-order valence-corrected chi connectivity index (χ1v) is 9.24. The third-order valence-corrected chi connectivity index (χ3v) is 5.00. The van der Waals surface area contributed by atoms with Crippen molar-refractivity contribution in [2.24, 2.45) is 0 Å². The number of benzene rings is 1. The largest absolute Gasteiger partial charge is 0.375 e. The summed E-state index contributed by atoms with van der Waals surface area (Å²) in [5, 5.41) is 6.11. The maximum Gasteiger partial charge on any atom is 0.244 e. The van der Waals surface area contributed by atoms with Gasteiger partial charge < -0.3 is 25.2 Å². The minimum atomic E-state index is -0.362. The van der Waals surface area contributed by atoms with E-state index in [1.165, 1.54) is 0 Å². The lowest BCUT2D eigenvalue weighted by atomic mass is 10.1. The number of amides is 2. The van der Waals surface area contributed by atoms with E-state index in [4.69, 9.17) is 4.74 Å². The van der Waals surface area contributed by atoms with Gasteiger partial charge in [0.25, 0.3) is 0 Å². The van der Waals surface area contributed by atoms with Gasteiger partial charge in [-0.05, 0) is 31.7 Å². The number of carbonyl (C=O) groups excluding carboxylic acids is 2. The van der Waals surface area contributed by atoms with Gasteiger partial charge >= 0.3 is 0 Å². The monoisotopic (exact) mass is 432 g/mol. The van der Waals surface area contributed by atoms with Gasteiger partial charge in [-0.1, -0.05) is 12.1 Å². The van der Waals surface area contributed by atoms with Gasteiger partial charge in [-0.15, -0.1) is 24.8 Å². The van der Waals surface area contributed by atoms with Gasteiger partial charge in [0, 0.05) is 38.4 Å². The summed E-state index contributed by atoms with van der Waals surface area (Å²) in [5.74, 6) is 0.0253. The summed E-state index contributed by atoms with van der Waals surface area (Å²) in [6.07, 6.45) is 0.194. The van der Waals surface area contributed by atoms with Crippen LogP contribution in [0.2, 0.25) is 0 Å². The van der Waals surface area contributed by atoms with E-state index < -0.39 is 0 Å². The summed E-state index contributed by atoms with van der Waals surface area (Å²) in [6, 6.07) is 7.15. The highest BCUT2D eigenvalue weighted by Crippen LogP contribution is 2.14. The lowest BCUT2D eigenvalue weighted by molar-refractivity contribution is -0.132. The number of rotatable bonds is 4. The van der Waals surface area contributed by atoms with Crippen molar-refractivity contribution in [2.45, 2.75) is 25.5 Å². The molecule has 2 aliphatic heterocycles. The van der Waals surface area contributed by atoms with Crippen molar-refractivity contribution in [3.05, 3.63) is 29.8 Å². The van der Waals surface area contributed by atoms with E-state index in [1.807, 2.05) is 36.1 Å². The van der Waals surface area contributed by atoms with Crippen LogP contribution in [0.4, 0.5) is 5.69 Å². The van der Waals surface area contributed by atoms with Gasteiger partial charge in [-0.25, -0.2) is 0 Å². The predicted molar refractivity (Wildman–Crippen MR) is 115 cm³/mol. The zero-order chi connectivity index (χ0) is 18.5. The Hall–Kier alpha value is -1.38. The van der Waals surface area contributed by atoms with Crippen LogP contribution in [0.1, 0.15) is 12.5 Å². The molecular weight excluding hydrogens is 403 g/mol. The second-order valence-corrected chi connectivity index (χ2v) is 7.06. The number of hydrogen-bond donors (Lipinski definition) is 2. The van der Waals surface area contributed by atoms with Gasteiger partial charge in [-0.2, -0.15) is 0 Å². The van der Waals surface area contributed by atoms with Crippen LogP contribution in [0.3, 0.4) is 0 Å². The van der Waals surface area contributed by atoms with Gasteiger partial charge in [0.1, 0.15) is 6.04 Å². The Kier molecular flexibility index (Phi) is 10.2. The predicted octanol–water partition coefficient (Wildman–Crippen LogP) is 1.16. The molecule has 0 radical (unpaired) electrons. The van der Waals surface area contributed by atoms with Crippen LogP contribution in [0.15, 0.2) is 24.3 Å². The second kappa shape index (κ2) is 11.6. The summed E-state index contributed by atoms with van der Waals surface area (Å²) in [4.78, 5) is 29.1. The molecule has 2 saturated heterocycles. The van der Waals surface area contributed by atoms with Crippen molar-refractivity contribution < 1.29 is 14.3 Å². The minimum Gasteiger partial charge on any atom is -0.375 e. The molecule has 0 bridgehead atoms. The first kappa shape index (κ1) is 24.7. The van der Waals surface area contributed by atoms with Crippen LogP contribution in [-0.4, -0.2) is 80.1 Å². The summed E-state index contributed by atoms with van der Waals surface area (Å²) >= 11 is 0. The molecule has 2 N–H and O–H groups in total. The Balaban J connectivity index is 0.00000196. The van der Waals surface area contributed by atoms with E-state index in [9.17, 15) is 9.59 Å². The molecule has 3 rings (SSSR count). The standard InChI is InChI=1S/C19H28N4O3.2ClH/c1-14-18(20-6-11-26-14)19(25)21-16-5-3-4-15(12-16)13-17(24)23-9-7-22(2)8-10-23;;/h3-5,12,14,18,20H,6-11,13H2,1-2H3,(H,21,25);2*1H/t14-,18+;;/m1../s1. The molecule has 2 amide bonds. The SMILES string of the molecule is C[C@H]1OCCN[C@@H]1C(=O)Nc1cccc(CC(=O)N2CCN(C)CC2)c1.Cl.Cl. The Bertz CT molecular complexity index is 654. The number of likely N-dealkylation sites (N-methyl/N-ethyl adjacent to an activating group) is 1. The quantitative estimate of drug-likeness (QED) is 0.746. The third kappa shape index (κ3) is 6.60. The number of halogens is 2. The highest BCUT2D eigenvalue weighted by Gasteiger charge is 2.28. The van der Waals surface area contributed by atoms with Gasteiger partial charge in [-0.3, -0.25) is 9.59 Å². The minimum absolute atomic E-state index is 0. The van der Waals surface area contributed by atoms with Crippen molar-refractivity contribution in [2.75, 3.05) is 51.7 Å². The average Bonchev–Trinajstić information content (AvgIpc) is 2.63. The summed E-state index contributed by atoms with van der Waals surface area (Å²) in [5.41, 5.74) is 1.62. The van der Waals surface area contributed by atoms with Crippen LogP contribution < -0.4 is 10.6 Å². The summed E-state index contributed by atoms with van der Waals surface area (Å²) < 4.78 is 5.52. The van der Waals surface area contributed by atoms with Crippen LogP contribution in [0.25, 0.3) is 0 Å². The van der Waals surface area contributed by atoms with Crippen molar-refractivity contribution in [1.82, 2.24) is 15.1 Å².